The molecule has 3 rings (SSSR count). The maximum absolute atomic E-state index is 5.43. The van der Waals surface area contributed by atoms with Gasteiger partial charge in [0.15, 0.2) is 17.5 Å². The number of nitrogens with zero attached hydrogens (tertiary/aromatic N) is 2. The number of nitrogens with one attached hydrogen (secondary N) is 2. The predicted molar refractivity (Wildman–Crippen MR) is 100 cm³/mol. The largest absolute Gasteiger partial charge is 0.454 e. The Bertz CT molecular complexity index is 591. The molecule has 2 aliphatic heterocycles. The molecular weight excluding hydrogens is 316 g/mol. The third-order valence-corrected chi connectivity index (χ3v) is 4.83. The van der Waals surface area contributed by atoms with Crippen LogP contribution in [0.3, 0.4) is 0 Å². The number of guanidine groups is 1. The Balaban J connectivity index is 1.37. The smallest absolute Gasteiger partial charge is 0.231 e. The van der Waals surface area contributed by atoms with E-state index in [1.807, 2.05) is 13.1 Å². The number of fused-ring (bicyclic) bond motifs is 1. The van der Waals surface area contributed by atoms with Crippen molar-refractivity contribution in [3.63, 3.8) is 0 Å². The van der Waals surface area contributed by atoms with E-state index in [4.69, 9.17) is 9.47 Å². The summed E-state index contributed by atoms with van der Waals surface area (Å²) in [6.45, 7) is 8.06. The first-order valence-corrected chi connectivity index (χ1v) is 9.34. The highest BCUT2D eigenvalue weighted by Gasteiger charge is 2.21. The molecule has 0 bridgehead atoms. The maximum atomic E-state index is 5.43. The molecule has 6 nitrogen and oxygen atoms in total. The summed E-state index contributed by atoms with van der Waals surface area (Å²) in [5.41, 5.74) is 1.23. The number of hydrogen-bond acceptors (Lipinski definition) is 4. The van der Waals surface area contributed by atoms with E-state index in [-0.39, 0.29) is 0 Å². The van der Waals surface area contributed by atoms with E-state index in [0.29, 0.717) is 6.79 Å². The van der Waals surface area contributed by atoms with Crippen LogP contribution in [0.5, 0.6) is 11.5 Å². The average Bonchev–Trinajstić information content (AvgIpc) is 3.27. The van der Waals surface area contributed by atoms with Gasteiger partial charge in [0.05, 0.1) is 0 Å². The van der Waals surface area contributed by atoms with Crippen molar-refractivity contribution in [3.8, 4) is 11.5 Å². The van der Waals surface area contributed by atoms with Gasteiger partial charge in [-0.15, -0.1) is 0 Å². The highest BCUT2D eigenvalue weighted by atomic mass is 16.7. The van der Waals surface area contributed by atoms with Crippen LogP contribution in [-0.4, -0.2) is 57.4 Å². The first-order chi connectivity index (χ1) is 12.3. The van der Waals surface area contributed by atoms with Crippen LogP contribution in [0.15, 0.2) is 23.2 Å². The summed E-state index contributed by atoms with van der Waals surface area (Å²) in [4.78, 5) is 6.89. The Hall–Kier alpha value is -1.95. The maximum Gasteiger partial charge on any atom is 0.231 e. The van der Waals surface area contributed by atoms with Crippen molar-refractivity contribution in [1.29, 1.82) is 0 Å². The first kappa shape index (κ1) is 17.9. The topological polar surface area (TPSA) is 58.1 Å². The third-order valence-electron chi connectivity index (χ3n) is 4.83. The minimum atomic E-state index is 0.324. The summed E-state index contributed by atoms with van der Waals surface area (Å²) in [6, 6.07) is 6.13. The molecule has 2 aliphatic rings. The molecule has 0 amide bonds. The van der Waals surface area contributed by atoms with Gasteiger partial charge in [-0.3, -0.25) is 4.99 Å². The lowest BCUT2D eigenvalue weighted by Crippen LogP contribution is -2.41. The zero-order valence-corrected chi connectivity index (χ0v) is 15.4. The quantitative estimate of drug-likeness (QED) is 0.583. The van der Waals surface area contributed by atoms with Crippen LogP contribution in [0.25, 0.3) is 0 Å². The lowest BCUT2D eigenvalue weighted by atomic mass is 10.1. The molecule has 1 saturated heterocycles. The fraction of sp³-hybridized carbons (Fsp3) is 0.632. The fourth-order valence-electron chi connectivity index (χ4n) is 3.48. The van der Waals surface area contributed by atoms with Gasteiger partial charge in [-0.25, -0.2) is 0 Å². The lowest BCUT2D eigenvalue weighted by molar-refractivity contribution is 0.174. The summed E-state index contributed by atoms with van der Waals surface area (Å²) in [5.74, 6) is 3.29. The Morgan fingerprint density at radius 3 is 3.00 bits per heavy atom. The van der Waals surface area contributed by atoms with Gasteiger partial charge in [-0.05, 0) is 56.0 Å². The minimum absolute atomic E-state index is 0.324. The predicted octanol–water partition coefficient (Wildman–Crippen LogP) is 1.85. The van der Waals surface area contributed by atoms with Crippen molar-refractivity contribution in [2.75, 3.05) is 46.6 Å². The highest BCUT2D eigenvalue weighted by molar-refractivity contribution is 5.79. The molecule has 2 N–H and O–H groups in total. The van der Waals surface area contributed by atoms with Gasteiger partial charge in [0.2, 0.25) is 6.79 Å². The van der Waals surface area contributed by atoms with Gasteiger partial charge in [0.1, 0.15) is 0 Å². The number of benzene rings is 1. The van der Waals surface area contributed by atoms with E-state index in [9.17, 15) is 0 Å². The monoisotopic (exact) mass is 346 g/mol. The number of hydrogen-bond donors (Lipinski definition) is 2. The molecule has 0 radical (unpaired) electrons. The van der Waals surface area contributed by atoms with E-state index >= 15 is 0 Å². The van der Waals surface area contributed by atoms with Crippen molar-refractivity contribution in [1.82, 2.24) is 15.5 Å². The molecule has 1 fully saturated rings. The van der Waals surface area contributed by atoms with Crippen LogP contribution in [0.1, 0.15) is 25.3 Å². The SMILES string of the molecule is CCCN1CCC(CNC(=NC)NCCc2ccc3c(c2)OCO3)C1. The van der Waals surface area contributed by atoms with E-state index in [1.54, 1.807) is 0 Å². The Labute approximate surface area is 150 Å². The zero-order chi connectivity index (χ0) is 17.5. The van der Waals surface area contributed by atoms with Crippen LogP contribution in [0.4, 0.5) is 0 Å². The summed E-state index contributed by atoms with van der Waals surface area (Å²) >= 11 is 0. The van der Waals surface area contributed by atoms with E-state index < -0.39 is 0 Å². The van der Waals surface area contributed by atoms with Gasteiger partial charge in [-0.1, -0.05) is 13.0 Å². The number of likely N-dealkylation sites (tertiary alicyclic amines) is 1. The molecular formula is C19H30N4O2. The Morgan fingerprint density at radius 1 is 1.28 bits per heavy atom. The standard InChI is InChI=1S/C19H30N4O2/c1-3-9-23-10-7-16(13-23)12-22-19(20-2)21-8-6-15-4-5-17-18(11-15)25-14-24-17/h4-5,11,16H,3,6-10,12-14H2,1-2H3,(H2,20,21,22). The molecule has 0 aliphatic carbocycles. The van der Waals surface area contributed by atoms with E-state index in [0.717, 1.165) is 42.9 Å². The normalized spacial score (nSPS) is 20.1. The molecule has 138 valence electrons. The summed E-state index contributed by atoms with van der Waals surface area (Å²) in [5, 5.41) is 6.87. The molecule has 0 saturated carbocycles. The van der Waals surface area contributed by atoms with Crippen molar-refractivity contribution in [2.24, 2.45) is 10.9 Å². The average molecular weight is 346 g/mol. The first-order valence-electron chi connectivity index (χ1n) is 9.34. The van der Waals surface area contributed by atoms with Gasteiger partial charge in [-0.2, -0.15) is 0 Å². The van der Waals surface area contributed by atoms with Crippen LogP contribution >= 0.6 is 0 Å². The van der Waals surface area contributed by atoms with E-state index in [2.05, 4.69) is 39.6 Å². The fourth-order valence-corrected chi connectivity index (χ4v) is 3.48. The molecule has 6 heteroatoms. The van der Waals surface area contributed by atoms with Crippen molar-refractivity contribution >= 4 is 5.96 Å². The molecule has 1 aromatic carbocycles. The lowest BCUT2D eigenvalue weighted by Gasteiger charge is -2.17. The third kappa shape index (κ3) is 5.01. The van der Waals surface area contributed by atoms with Gasteiger partial charge in [0, 0.05) is 26.7 Å². The van der Waals surface area contributed by atoms with Crippen molar-refractivity contribution < 1.29 is 9.47 Å². The second kappa shape index (κ2) is 8.94. The summed E-state index contributed by atoms with van der Waals surface area (Å²) in [6.07, 6.45) is 3.44. The van der Waals surface area contributed by atoms with Crippen molar-refractivity contribution in [2.45, 2.75) is 26.2 Å². The molecule has 0 spiro atoms. The van der Waals surface area contributed by atoms with Gasteiger partial charge in [0.25, 0.3) is 0 Å². The molecule has 25 heavy (non-hydrogen) atoms. The molecule has 1 atom stereocenters. The number of ether oxygens (including phenoxy) is 2. The van der Waals surface area contributed by atoms with Gasteiger partial charge < -0.3 is 25.0 Å². The minimum Gasteiger partial charge on any atom is -0.454 e. The second-order valence-corrected chi connectivity index (χ2v) is 6.77. The summed E-state index contributed by atoms with van der Waals surface area (Å²) in [7, 11) is 1.83. The van der Waals surface area contributed by atoms with Crippen molar-refractivity contribution in [3.05, 3.63) is 23.8 Å². The second-order valence-electron chi connectivity index (χ2n) is 6.77. The number of rotatable bonds is 7. The van der Waals surface area contributed by atoms with Gasteiger partial charge >= 0.3 is 0 Å². The zero-order valence-electron chi connectivity index (χ0n) is 15.4. The molecule has 0 aromatic heterocycles. The van der Waals surface area contributed by atoms with Crippen LogP contribution < -0.4 is 20.1 Å². The van der Waals surface area contributed by atoms with Crippen LogP contribution in [0, 0.1) is 5.92 Å². The molecule has 1 aromatic rings. The Kier molecular flexibility index (Phi) is 6.39. The van der Waals surface area contributed by atoms with Crippen LogP contribution in [0.2, 0.25) is 0 Å². The summed E-state index contributed by atoms with van der Waals surface area (Å²) < 4.78 is 10.8. The molecule has 2 heterocycles. The Morgan fingerprint density at radius 2 is 2.16 bits per heavy atom. The highest BCUT2D eigenvalue weighted by Crippen LogP contribution is 2.32. The molecule has 1 unspecified atom stereocenters. The van der Waals surface area contributed by atoms with Crippen LogP contribution in [-0.2, 0) is 6.42 Å². The number of aliphatic imine (C=N–C) groups is 1. The van der Waals surface area contributed by atoms with E-state index in [1.165, 1.54) is 38.0 Å².